The van der Waals surface area contributed by atoms with Crippen molar-refractivity contribution in [1.29, 1.82) is 0 Å². The zero-order chi connectivity index (χ0) is 36.4. The summed E-state index contributed by atoms with van der Waals surface area (Å²) < 4.78 is 10.6. The predicted octanol–water partition coefficient (Wildman–Crippen LogP) is 13.2. The van der Waals surface area contributed by atoms with Gasteiger partial charge in [-0.25, -0.2) is 0 Å². The SMILES string of the molecule is CCCCC/C=C\C/C=C\C/C=C\C/C=C\C/C=C\CCC(=O)OC[C@H](CO)OC(=O)CCCCCCCCCCCCCCCCCCC. The number of carbonyl (C=O) groups excluding carboxylic acids is 2. The summed E-state index contributed by atoms with van der Waals surface area (Å²) in [5.41, 5.74) is 0. The lowest BCUT2D eigenvalue weighted by Gasteiger charge is -2.15. The fourth-order valence-electron chi connectivity index (χ4n) is 5.65. The van der Waals surface area contributed by atoms with E-state index >= 15 is 0 Å². The van der Waals surface area contributed by atoms with Gasteiger partial charge in [0.15, 0.2) is 6.10 Å². The Kier molecular flexibility index (Phi) is 39.1. The van der Waals surface area contributed by atoms with Crippen LogP contribution in [0.5, 0.6) is 0 Å². The fraction of sp³-hybridized carbons (Fsp3) is 0.733. The molecule has 0 aromatic carbocycles. The molecule has 0 saturated heterocycles. The van der Waals surface area contributed by atoms with Gasteiger partial charge in [-0.05, 0) is 51.4 Å². The summed E-state index contributed by atoms with van der Waals surface area (Å²) in [4.78, 5) is 24.3. The second-order valence-electron chi connectivity index (χ2n) is 13.7. The second-order valence-corrected chi connectivity index (χ2v) is 13.7. The third-order valence-corrected chi connectivity index (χ3v) is 8.83. The number of ether oxygens (including phenoxy) is 2. The van der Waals surface area contributed by atoms with E-state index in [-0.39, 0.29) is 31.6 Å². The molecule has 0 aliphatic carbocycles. The van der Waals surface area contributed by atoms with Gasteiger partial charge < -0.3 is 14.6 Å². The van der Waals surface area contributed by atoms with E-state index in [0.29, 0.717) is 12.8 Å². The molecular formula is C45H78O5. The third kappa shape index (κ3) is 38.4. The van der Waals surface area contributed by atoms with Crippen molar-refractivity contribution < 1.29 is 24.2 Å². The van der Waals surface area contributed by atoms with Crippen molar-refractivity contribution in [2.45, 2.75) is 200 Å². The number of carbonyl (C=O) groups is 2. The van der Waals surface area contributed by atoms with Gasteiger partial charge >= 0.3 is 11.9 Å². The quantitative estimate of drug-likeness (QED) is 0.0397. The van der Waals surface area contributed by atoms with E-state index < -0.39 is 6.10 Å². The molecule has 0 rings (SSSR count). The molecule has 0 aliphatic rings. The molecule has 0 saturated carbocycles. The minimum absolute atomic E-state index is 0.105. The normalized spacial score (nSPS) is 12.8. The number of aliphatic hydroxyl groups excluding tert-OH is 1. The maximum atomic E-state index is 12.2. The molecule has 0 spiro atoms. The first kappa shape index (κ1) is 47.6. The maximum absolute atomic E-state index is 12.2. The first-order valence-corrected chi connectivity index (χ1v) is 20.8. The first-order valence-electron chi connectivity index (χ1n) is 20.8. The zero-order valence-electron chi connectivity index (χ0n) is 32.6. The van der Waals surface area contributed by atoms with E-state index in [9.17, 15) is 14.7 Å². The van der Waals surface area contributed by atoms with Crippen LogP contribution in [0.3, 0.4) is 0 Å². The minimum Gasteiger partial charge on any atom is -0.462 e. The summed E-state index contributed by atoms with van der Waals surface area (Å²) in [5.74, 6) is -0.684. The molecule has 0 radical (unpaired) electrons. The van der Waals surface area contributed by atoms with Gasteiger partial charge in [0, 0.05) is 12.8 Å². The van der Waals surface area contributed by atoms with Crippen LogP contribution in [0.15, 0.2) is 60.8 Å². The van der Waals surface area contributed by atoms with Crippen LogP contribution in [-0.4, -0.2) is 36.4 Å². The minimum atomic E-state index is -0.801. The first-order chi connectivity index (χ1) is 24.6. The van der Waals surface area contributed by atoms with E-state index in [1.54, 1.807) is 0 Å². The van der Waals surface area contributed by atoms with Gasteiger partial charge in [0.2, 0.25) is 0 Å². The monoisotopic (exact) mass is 699 g/mol. The lowest BCUT2D eigenvalue weighted by molar-refractivity contribution is -0.161. The molecule has 0 fully saturated rings. The second kappa shape index (κ2) is 41.0. The van der Waals surface area contributed by atoms with Crippen molar-refractivity contribution in [3.05, 3.63) is 60.8 Å². The zero-order valence-corrected chi connectivity index (χ0v) is 32.6. The van der Waals surface area contributed by atoms with E-state index in [1.165, 1.54) is 116 Å². The van der Waals surface area contributed by atoms with Crippen LogP contribution in [-0.2, 0) is 19.1 Å². The molecule has 1 N–H and O–H groups in total. The van der Waals surface area contributed by atoms with Crippen molar-refractivity contribution in [1.82, 2.24) is 0 Å². The van der Waals surface area contributed by atoms with Crippen LogP contribution < -0.4 is 0 Å². The Labute approximate surface area is 309 Å². The Morgan fingerprint density at radius 3 is 1.28 bits per heavy atom. The number of allylic oxidation sites excluding steroid dienone is 10. The van der Waals surface area contributed by atoms with Gasteiger partial charge in [0.25, 0.3) is 0 Å². The molecule has 0 aromatic rings. The predicted molar refractivity (Wildman–Crippen MR) is 214 cm³/mol. The van der Waals surface area contributed by atoms with Gasteiger partial charge in [-0.2, -0.15) is 0 Å². The Bertz CT molecular complexity index is 884. The Hall–Kier alpha value is -2.40. The summed E-state index contributed by atoms with van der Waals surface area (Å²) in [6, 6.07) is 0. The topological polar surface area (TPSA) is 72.8 Å². The van der Waals surface area contributed by atoms with E-state index in [1.807, 2.05) is 12.2 Å². The lowest BCUT2D eigenvalue weighted by atomic mass is 10.0. The van der Waals surface area contributed by atoms with E-state index in [4.69, 9.17) is 9.47 Å². The molecule has 1 atom stereocenters. The van der Waals surface area contributed by atoms with E-state index in [2.05, 4.69) is 62.5 Å². The summed E-state index contributed by atoms with van der Waals surface area (Å²) in [6.07, 6.45) is 52.9. The largest absolute Gasteiger partial charge is 0.462 e. The van der Waals surface area contributed by atoms with Crippen LogP contribution >= 0.6 is 0 Å². The summed E-state index contributed by atoms with van der Waals surface area (Å²) >= 11 is 0. The van der Waals surface area contributed by atoms with E-state index in [0.717, 1.165) is 44.9 Å². The number of rotatable bonds is 37. The highest BCUT2D eigenvalue weighted by Gasteiger charge is 2.15. The van der Waals surface area contributed by atoms with Gasteiger partial charge in [-0.3, -0.25) is 9.59 Å². The summed E-state index contributed by atoms with van der Waals surface area (Å²) in [5, 5.41) is 9.56. The summed E-state index contributed by atoms with van der Waals surface area (Å²) in [7, 11) is 0. The van der Waals surface area contributed by atoms with Crippen LogP contribution in [0.1, 0.15) is 194 Å². The average Bonchev–Trinajstić information content (AvgIpc) is 3.12. The molecule has 0 aromatic heterocycles. The maximum Gasteiger partial charge on any atom is 0.306 e. The highest BCUT2D eigenvalue weighted by Crippen LogP contribution is 2.15. The van der Waals surface area contributed by atoms with Gasteiger partial charge in [0.05, 0.1) is 6.61 Å². The smallest absolute Gasteiger partial charge is 0.306 e. The van der Waals surface area contributed by atoms with Crippen LogP contribution in [0.25, 0.3) is 0 Å². The fourth-order valence-corrected chi connectivity index (χ4v) is 5.65. The van der Waals surface area contributed by atoms with Gasteiger partial charge in [-0.15, -0.1) is 0 Å². The number of hydrogen-bond donors (Lipinski definition) is 1. The van der Waals surface area contributed by atoms with Crippen molar-refractivity contribution >= 4 is 11.9 Å². The van der Waals surface area contributed by atoms with Gasteiger partial charge in [-0.1, -0.05) is 190 Å². The van der Waals surface area contributed by atoms with Crippen LogP contribution in [0.2, 0.25) is 0 Å². The van der Waals surface area contributed by atoms with Gasteiger partial charge in [0.1, 0.15) is 6.61 Å². The van der Waals surface area contributed by atoms with Crippen molar-refractivity contribution in [3.8, 4) is 0 Å². The molecule has 0 amide bonds. The number of aliphatic hydroxyl groups is 1. The molecule has 0 unspecified atom stereocenters. The standard InChI is InChI=1S/C45H78O5/c1-3-5-7-9-11-13-15-17-19-21-22-24-25-27-29-31-33-35-37-39-44(47)49-42-43(41-46)50-45(48)40-38-36-34-32-30-28-26-23-20-18-16-14-12-10-8-6-4-2/h11,13,17,19,22,24,27,29,33,35,43,46H,3-10,12,14-16,18,20-21,23,25-26,28,30-32,34,36-42H2,1-2H3/b13-11-,19-17-,24-22-,29-27-,35-33-/t43-/m0/s1. The number of hydrogen-bond acceptors (Lipinski definition) is 5. The average molecular weight is 699 g/mol. The molecule has 288 valence electrons. The number of esters is 2. The molecule has 0 bridgehead atoms. The Balaban J connectivity index is 3.66. The molecule has 50 heavy (non-hydrogen) atoms. The van der Waals surface area contributed by atoms with Crippen LogP contribution in [0, 0.1) is 0 Å². The highest BCUT2D eigenvalue weighted by molar-refractivity contribution is 5.70. The van der Waals surface area contributed by atoms with Crippen LogP contribution in [0.4, 0.5) is 0 Å². The Morgan fingerprint density at radius 2 is 0.840 bits per heavy atom. The highest BCUT2D eigenvalue weighted by atomic mass is 16.6. The van der Waals surface area contributed by atoms with Crippen molar-refractivity contribution in [2.75, 3.05) is 13.2 Å². The molecular weight excluding hydrogens is 620 g/mol. The molecule has 0 aliphatic heterocycles. The molecule has 5 heteroatoms. The summed E-state index contributed by atoms with van der Waals surface area (Å²) in [6.45, 7) is 4.05. The Morgan fingerprint density at radius 1 is 0.460 bits per heavy atom. The number of unbranched alkanes of at least 4 members (excludes halogenated alkanes) is 19. The van der Waals surface area contributed by atoms with Crippen molar-refractivity contribution in [3.63, 3.8) is 0 Å². The molecule has 0 heterocycles. The third-order valence-electron chi connectivity index (χ3n) is 8.83. The molecule has 5 nitrogen and oxygen atoms in total. The van der Waals surface area contributed by atoms with Crippen molar-refractivity contribution in [2.24, 2.45) is 0 Å². The lowest BCUT2D eigenvalue weighted by Crippen LogP contribution is -2.28.